The molecule has 2 aromatic heterocycles. The van der Waals surface area contributed by atoms with E-state index in [4.69, 9.17) is 0 Å². The number of likely N-dealkylation sites (N-methyl/N-ethyl adjacent to an activating group) is 1. The minimum atomic E-state index is -0.0222. The molecule has 0 spiro atoms. The van der Waals surface area contributed by atoms with Crippen LogP contribution in [-0.2, 0) is 11.8 Å². The van der Waals surface area contributed by atoms with Crippen molar-refractivity contribution in [2.75, 3.05) is 38.5 Å². The Morgan fingerprint density at radius 3 is 2.79 bits per heavy atom. The number of nitrogens with one attached hydrogen (secondary N) is 1. The molecule has 1 saturated heterocycles. The summed E-state index contributed by atoms with van der Waals surface area (Å²) in [6, 6.07) is 8.51. The van der Waals surface area contributed by atoms with Gasteiger partial charge in [-0.1, -0.05) is 12.1 Å². The van der Waals surface area contributed by atoms with Gasteiger partial charge in [0.05, 0.1) is 24.8 Å². The molecule has 1 aliphatic rings. The van der Waals surface area contributed by atoms with Crippen molar-refractivity contribution in [3.63, 3.8) is 0 Å². The molecule has 1 amide bonds. The van der Waals surface area contributed by atoms with Crippen LogP contribution in [0.4, 0.5) is 5.82 Å². The van der Waals surface area contributed by atoms with E-state index in [2.05, 4.69) is 51.2 Å². The number of amides is 1. The van der Waals surface area contributed by atoms with Gasteiger partial charge in [-0.2, -0.15) is 0 Å². The van der Waals surface area contributed by atoms with Gasteiger partial charge < -0.3 is 14.8 Å². The molecule has 0 saturated carbocycles. The highest BCUT2D eigenvalue weighted by molar-refractivity contribution is 5.94. The molecule has 7 heteroatoms. The Balaban J connectivity index is 1.49. The molecule has 28 heavy (non-hydrogen) atoms. The van der Waals surface area contributed by atoms with E-state index in [1.807, 2.05) is 29.9 Å². The zero-order chi connectivity index (χ0) is 19.7. The third kappa shape index (κ3) is 3.90. The number of piperazine rings is 1. The summed E-state index contributed by atoms with van der Waals surface area (Å²) in [5, 5.41) is 5.03. The van der Waals surface area contributed by atoms with Crippen molar-refractivity contribution in [1.29, 1.82) is 0 Å². The first-order valence-corrected chi connectivity index (χ1v) is 9.58. The smallest absolute Gasteiger partial charge is 0.239 e. The van der Waals surface area contributed by atoms with Crippen LogP contribution in [0.15, 0.2) is 43.0 Å². The van der Waals surface area contributed by atoms with Gasteiger partial charge in [0.25, 0.3) is 0 Å². The predicted molar refractivity (Wildman–Crippen MR) is 111 cm³/mol. The number of aryl methyl sites for hydroxylation is 1. The number of rotatable bonds is 4. The monoisotopic (exact) mass is 378 g/mol. The molecule has 1 unspecified atom stereocenters. The molecule has 1 aromatic carbocycles. The predicted octanol–water partition coefficient (Wildman–Crippen LogP) is 2.21. The number of nitrogens with zero attached hydrogens (tertiary/aromatic N) is 5. The molecule has 0 bridgehead atoms. The first-order valence-electron chi connectivity index (χ1n) is 9.58. The molecule has 1 atom stereocenters. The summed E-state index contributed by atoms with van der Waals surface area (Å²) in [5.74, 6) is 0.562. The second kappa shape index (κ2) is 7.69. The van der Waals surface area contributed by atoms with E-state index >= 15 is 0 Å². The molecule has 1 fully saturated rings. The summed E-state index contributed by atoms with van der Waals surface area (Å²) in [6.07, 6.45) is 5.44. The maximum Gasteiger partial charge on any atom is 0.239 e. The highest BCUT2D eigenvalue weighted by Crippen LogP contribution is 2.25. The van der Waals surface area contributed by atoms with Crippen LogP contribution in [0.3, 0.4) is 0 Å². The highest BCUT2D eigenvalue weighted by atomic mass is 16.2. The molecule has 0 aliphatic carbocycles. The number of hydrogen-bond donors (Lipinski definition) is 1. The Morgan fingerprint density at radius 2 is 2.04 bits per heavy atom. The summed E-state index contributed by atoms with van der Waals surface area (Å²) in [4.78, 5) is 25.6. The van der Waals surface area contributed by atoms with Crippen molar-refractivity contribution in [1.82, 2.24) is 24.3 Å². The lowest BCUT2D eigenvalue weighted by molar-refractivity contribution is -0.118. The molecule has 0 radical (unpaired) electrons. The summed E-state index contributed by atoms with van der Waals surface area (Å²) in [5.41, 5.74) is 2.13. The van der Waals surface area contributed by atoms with Crippen LogP contribution >= 0.6 is 0 Å². The number of pyridine rings is 1. The number of aromatic nitrogens is 3. The van der Waals surface area contributed by atoms with Gasteiger partial charge in [0.2, 0.25) is 5.91 Å². The van der Waals surface area contributed by atoms with Crippen molar-refractivity contribution < 1.29 is 4.79 Å². The maximum absolute atomic E-state index is 12.5. The van der Waals surface area contributed by atoms with Crippen LogP contribution < -0.4 is 5.32 Å². The Labute approximate surface area is 165 Å². The molecular formula is C21H26N6O. The Morgan fingerprint density at radius 1 is 1.18 bits per heavy atom. The van der Waals surface area contributed by atoms with Crippen molar-refractivity contribution in [3.05, 3.63) is 43.0 Å². The van der Waals surface area contributed by atoms with Crippen molar-refractivity contribution in [3.8, 4) is 11.3 Å². The van der Waals surface area contributed by atoms with Crippen LogP contribution in [0.1, 0.15) is 6.92 Å². The van der Waals surface area contributed by atoms with Crippen LogP contribution in [-0.4, -0.2) is 69.5 Å². The average Bonchev–Trinajstić information content (AvgIpc) is 3.09. The fourth-order valence-corrected chi connectivity index (χ4v) is 3.78. The Kier molecular flexibility index (Phi) is 5.11. The van der Waals surface area contributed by atoms with E-state index in [0.717, 1.165) is 41.7 Å². The number of imidazole rings is 1. The van der Waals surface area contributed by atoms with E-state index in [1.165, 1.54) is 0 Å². The number of hydrogen-bond acceptors (Lipinski definition) is 5. The van der Waals surface area contributed by atoms with E-state index in [9.17, 15) is 4.79 Å². The van der Waals surface area contributed by atoms with Gasteiger partial charge in [0, 0.05) is 49.9 Å². The van der Waals surface area contributed by atoms with Crippen molar-refractivity contribution in [2.45, 2.75) is 13.0 Å². The molecule has 7 nitrogen and oxygen atoms in total. The van der Waals surface area contributed by atoms with Gasteiger partial charge in [-0.3, -0.25) is 9.69 Å². The fourth-order valence-electron chi connectivity index (χ4n) is 3.78. The standard InChI is InChI=1S/C21H26N6O/c1-15-12-25(2)6-7-27(15)13-21(28)24-20-9-18-8-16(4-5-17(18)10-23-20)19-11-22-14-26(19)3/h4-5,8-11,14-15H,6-7,12-13H2,1-3H3,(H,23,24,28). The topological polar surface area (TPSA) is 66.3 Å². The van der Waals surface area contributed by atoms with Crippen LogP contribution in [0.5, 0.6) is 0 Å². The van der Waals surface area contributed by atoms with Crippen molar-refractivity contribution >= 4 is 22.5 Å². The summed E-state index contributed by atoms with van der Waals surface area (Å²) < 4.78 is 1.99. The van der Waals surface area contributed by atoms with Gasteiger partial charge in [-0.15, -0.1) is 0 Å². The Bertz CT molecular complexity index is 997. The minimum absolute atomic E-state index is 0.0222. The normalized spacial score (nSPS) is 18.5. The van der Waals surface area contributed by atoms with Crippen LogP contribution in [0.25, 0.3) is 22.0 Å². The van der Waals surface area contributed by atoms with Gasteiger partial charge in [-0.25, -0.2) is 9.97 Å². The third-order valence-corrected chi connectivity index (χ3v) is 5.42. The number of fused-ring (bicyclic) bond motifs is 1. The van der Waals surface area contributed by atoms with Gasteiger partial charge >= 0.3 is 0 Å². The molecule has 146 valence electrons. The average molecular weight is 378 g/mol. The zero-order valence-corrected chi connectivity index (χ0v) is 16.6. The maximum atomic E-state index is 12.5. The second-order valence-electron chi connectivity index (χ2n) is 7.65. The summed E-state index contributed by atoms with van der Waals surface area (Å²) in [7, 11) is 4.09. The summed E-state index contributed by atoms with van der Waals surface area (Å²) in [6.45, 7) is 5.44. The molecule has 1 aliphatic heterocycles. The third-order valence-electron chi connectivity index (χ3n) is 5.42. The van der Waals surface area contributed by atoms with E-state index in [-0.39, 0.29) is 5.91 Å². The minimum Gasteiger partial charge on any atom is -0.334 e. The van der Waals surface area contributed by atoms with Crippen LogP contribution in [0.2, 0.25) is 0 Å². The molecule has 3 aromatic rings. The number of carbonyl (C=O) groups excluding carboxylic acids is 1. The van der Waals surface area contributed by atoms with Gasteiger partial charge in [-0.05, 0) is 31.5 Å². The zero-order valence-electron chi connectivity index (χ0n) is 16.6. The van der Waals surface area contributed by atoms with Gasteiger partial charge in [0.1, 0.15) is 5.82 Å². The van der Waals surface area contributed by atoms with Gasteiger partial charge in [0.15, 0.2) is 0 Å². The second-order valence-corrected chi connectivity index (χ2v) is 7.65. The van der Waals surface area contributed by atoms with E-state index < -0.39 is 0 Å². The SMILES string of the molecule is CC1CN(C)CCN1CC(=O)Nc1cc2cc(-c3cncn3C)ccc2cn1. The number of anilines is 1. The number of benzene rings is 1. The molecule has 1 N–H and O–H groups in total. The Hall–Kier alpha value is -2.77. The molecule has 3 heterocycles. The fraction of sp³-hybridized carbons (Fsp3) is 0.381. The van der Waals surface area contributed by atoms with Crippen molar-refractivity contribution in [2.24, 2.45) is 7.05 Å². The molecular weight excluding hydrogens is 352 g/mol. The van der Waals surface area contributed by atoms with E-state index in [1.54, 1.807) is 12.5 Å². The lowest BCUT2D eigenvalue weighted by Gasteiger charge is -2.37. The summed E-state index contributed by atoms with van der Waals surface area (Å²) >= 11 is 0. The quantitative estimate of drug-likeness (QED) is 0.754. The lowest BCUT2D eigenvalue weighted by Crippen LogP contribution is -2.52. The first-order chi connectivity index (χ1) is 13.5. The first kappa shape index (κ1) is 18.6. The highest BCUT2D eigenvalue weighted by Gasteiger charge is 2.23. The molecule has 4 rings (SSSR count). The largest absolute Gasteiger partial charge is 0.334 e. The lowest BCUT2D eigenvalue weighted by atomic mass is 10.1. The van der Waals surface area contributed by atoms with E-state index in [0.29, 0.717) is 18.4 Å². The number of carbonyl (C=O) groups is 1. The van der Waals surface area contributed by atoms with Crippen LogP contribution in [0, 0.1) is 0 Å².